The van der Waals surface area contributed by atoms with Gasteiger partial charge >= 0.3 is 90.9 Å². The van der Waals surface area contributed by atoms with Crippen LogP contribution >= 0.6 is 0 Å². The second-order valence-corrected chi connectivity index (χ2v) is 4.16. The molecule has 1 nitrogen and oxygen atoms in total. The van der Waals surface area contributed by atoms with Crippen LogP contribution in [0, 0.1) is 0 Å². The predicted octanol–water partition coefficient (Wildman–Crippen LogP) is 3.23. The standard InChI is InChI=1S/C10H21O.Sn/c1-3-4-5-6-7-8-9-10(2)11;/h10H,3-9H2,1-2H3;/q-1;+1. The van der Waals surface area contributed by atoms with Crippen LogP contribution in [0.1, 0.15) is 58.8 Å². The third-order valence-corrected chi connectivity index (χ3v) is 3.31. The molecule has 0 saturated heterocycles. The van der Waals surface area contributed by atoms with Gasteiger partial charge in [0.05, 0.1) is 0 Å². The Hall–Kier alpha value is 0.759. The molecule has 0 aliphatic heterocycles. The number of hydrogen-bond donors (Lipinski definition) is 0. The Balaban J connectivity index is 2.90. The van der Waals surface area contributed by atoms with Crippen molar-refractivity contribution in [1.82, 2.24) is 0 Å². The fourth-order valence-corrected chi connectivity index (χ4v) is 1.61. The van der Waals surface area contributed by atoms with E-state index in [1.54, 1.807) is 0 Å². The Morgan fingerprint density at radius 3 is 2.25 bits per heavy atom. The van der Waals surface area contributed by atoms with Gasteiger partial charge in [-0.25, -0.2) is 0 Å². The molecule has 0 fully saturated rings. The summed E-state index contributed by atoms with van der Waals surface area (Å²) in [6.07, 6.45) is 10.1. The molecule has 1 unspecified atom stereocenters. The molecule has 2 heteroatoms. The molecule has 71 valence electrons. The van der Waals surface area contributed by atoms with Gasteiger partial charge in [0.1, 0.15) is 0 Å². The van der Waals surface area contributed by atoms with Crippen LogP contribution in [0.5, 0.6) is 0 Å². The Bertz CT molecular complexity index is 85.9. The van der Waals surface area contributed by atoms with E-state index in [-0.39, 0.29) is 0 Å². The van der Waals surface area contributed by atoms with Crippen LogP contribution in [0.25, 0.3) is 0 Å². The van der Waals surface area contributed by atoms with Gasteiger partial charge in [-0.15, -0.1) is 0 Å². The van der Waals surface area contributed by atoms with E-state index in [4.69, 9.17) is 3.07 Å². The summed E-state index contributed by atoms with van der Waals surface area (Å²) in [4.78, 5) is 0. The summed E-state index contributed by atoms with van der Waals surface area (Å²) >= 11 is 1.21. The summed E-state index contributed by atoms with van der Waals surface area (Å²) in [5.74, 6) is 0. The molecule has 0 N–H and O–H groups in total. The van der Waals surface area contributed by atoms with Crippen LogP contribution in [0.2, 0.25) is 0 Å². The minimum atomic E-state index is 0.495. The fourth-order valence-electron chi connectivity index (χ4n) is 1.27. The summed E-state index contributed by atoms with van der Waals surface area (Å²) in [5.41, 5.74) is 0. The maximum atomic E-state index is 5.27. The van der Waals surface area contributed by atoms with E-state index in [9.17, 15) is 0 Å². The topological polar surface area (TPSA) is 9.23 Å². The third kappa shape index (κ3) is 8.85. The molecule has 0 aromatic carbocycles. The number of rotatable bonds is 8. The Kier molecular flexibility index (Phi) is 10.5. The fraction of sp³-hybridized carbons (Fsp3) is 1.00. The van der Waals surface area contributed by atoms with Crippen molar-refractivity contribution in [3.8, 4) is 0 Å². The van der Waals surface area contributed by atoms with Crippen molar-refractivity contribution >= 4 is 22.9 Å². The summed E-state index contributed by atoms with van der Waals surface area (Å²) in [7, 11) is 0. The molecular weight excluding hydrogens is 255 g/mol. The second-order valence-electron chi connectivity index (χ2n) is 3.48. The van der Waals surface area contributed by atoms with Gasteiger partial charge in [0, 0.05) is 0 Å². The number of hydrogen-bond acceptors (Lipinski definition) is 1. The third-order valence-electron chi connectivity index (χ3n) is 2.17. The SMILES string of the molecule is CCCCCCCCC(C)[O][Sn]. The summed E-state index contributed by atoms with van der Waals surface area (Å²) in [6.45, 7) is 4.43. The van der Waals surface area contributed by atoms with Gasteiger partial charge in [-0.3, -0.25) is 0 Å². The zero-order valence-electron chi connectivity index (χ0n) is 8.44. The molecule has 0 amide bonds. The van der Waals surface area contributed by atoms with Crippen molar-refractivity contribution in [3.63, 3.8) is 0 Å². The Morgan fingerprint density at radius 2 is 1.67 bits per heavy atom. The summed E-state index contributed by atoms with van der Waals surface area (Å²) < 4.78 is 5.27. The average molecular weight is 276 g/mol. The Labute approximate surface area is 90.9 Å². The van der Waals surface area contributed by atoms with Crippen molar-refractivity contribution in [3.05, 3.63) is 0 Å². The van der Waals surface area contributed by atoms with E-state index in [1.165, 1.54) is 67.9 Å². The molecule has 0 bridgehead atoms. The second kappa shape index (κ2) is 9.84. The van der Waals surface area contributed by atoms with Crippen molar-refractivity contribution in [2.75, 3.05) is 0 Å². The predicted molar refractivity (Wildman–Crippen MR) is 54.3 cm³/mol. The maximum absolute atomic E-state index is 5.27. The van der Waals surface area contributed by atoms with Crippen molar-refractivity contribution in [1.29, 1.82) is 0 Å². The first-order valence-electron chi connectivity index (χ1n) is 5.13. The quantitative estimate of drug-likeness (QED) is 0.488. The van der Waals surface area contributed by atoms with Crippen LogP contribution in [0.15, 0.2) is 0 Å². The van der Waals surface area contributed by atoms with Crippen molar-refractivity contribution < 1.29 is 3.07 Å². The van der Waals surface area contributed by atoms with E-state index in [1.807, 2.05) is 0 Å². The first kappa shape index (κ1) is 12.8. The summed E-state index contributed by atoms with van der Waals surface area (Å²) in [5, 5.41) is 0. The molecule has 0 aromatic rings. The van der Waals surface area contributed by atoms with Crippen LogP contribution in [-0.2, 0) is 3.07 Å². The van der Waals surface area contributed by atoms with Crippen LogP contribution in [0.3, 0.4) is 0 Å². The van der Waals surface area contributed by atoms with Gasteiger partial charge in [0.15, 0.2) is 0 Å². The van der Waals surface area contributed by atoms with Crippen molar-refractivity contribution in [2.45, 2.75) is 64.9 Å². The molecule has 0 rings (SSSR count). The normalized spacial score (nSPS) is 13.2. The molecule has 0 heterocycles. The monoisotopic (exact) mass is 277 g/mol. The van der Waals surface area contributed by atoms with Crippen LogP contribution in [0.4, 0.5) is 0 Å². The van der Waals surface area contributed by atoms with Gasteiger partial charge < -0.3 is 0 Å². The molecule has 1 atom stereocenters. The zero-order valence-corrected chi connectivity index (χ0v) is 11.3. The first-order chi connectivity index (χ1) is 5.81. The number of unbranched alkanes of at least 4 members (excludes halogenated alkanes) is 5. The van der Waals surface area contributed by atoms with Gasteiger partial charge in [-0.2, -0.15) is 0 Å². The van der Waals surface area contributed by atoms with Gasteiger partial charge in [0.2, 0.25) is 0 Å². The van der Waals surface area contributed by atoms with E-state index in [0.29, 0.717) is 6.10 Å². The molecule has 0 spiro atoms. The summed E-state index contributed by atoms with van der Waals surface area (Å²) in [6, 6.07) is 0. The Morgan fingerprint density at radius 1 is 1.08 bits per heavy atom. The molecule has 0 aliphatic rings. The molecule has 0 aliphatic carbocycles. The molecule has 0 saturated carbocycles. The molecule has 0 aromatic heterocycles. The van der Waals surface area contributed by atoms with Gasteiger partial charge in [-0.05, 0) is 0 Å². The van der Waals surface area contributed by atoms with E-state index in [2.05, 4.69) is 13.8 Å². The molecule has 12 heavy (non-hydrogen) atoms. The first-order valence-corrected chi connectivity index (χ1v) is 6.30. The average Bonchev–Trinajstić information content (AvgIpc) is 2.10. The zero-order chi connectivity index (χ0) is 9.23. The van der Waals surface area contributed by atoms with Gasteiger partial charge in [-0.1, -0.05) is 0 Å². The van der Waals surface area contributed by atoms with Crippen molar-refractivity contribution in [2.24, 2.45) is 0 Å². The van der Waals surface area contributed by atoms with E-state index >= 15 is 0 Å². The molecule has 3 radical (unpaired) electrons. The van der Waals surface area contributed by atoms with E-state index in [0.717, 1.165) is 0 Å². The van der Waals surface area contributed by atoms with Crippen LogP contribution < -0.4 is 0 Å². The van der Waals surface area contributed by atoms with Gasteiger partial charge in [0.25, 0.3) is 0 Å². The minimum absolute atomic E-state index is 0.495. The van der Waals surface area contributed by atoms with Crippen LogP contribution in [-0.4, -0.2) is 29.0 Å². The molecular formula is C10H21OSn. The van der Waals surface area contributed by atoms with E-state index < -0.39 is 0 Å².